The minimum atomic E-state index is -4.57. The maximum absolute atomic E-state index is 13.4. The van der Waals surface area contributed by atoms with E-state index in [-0.39, 0.29) is 30.7 Å². The Labute approximate surface area is 149 Å². The Morgan fingerprint density at radius 3 is 2.50 bits per heavy atom. The highest BCUT2D eigenvalue weighted by molar-refractivity contribution is 5.69. The fourth-order valence-corrected chi connectivity index (χ4v) is 3.38. The van der Waals surface area contributed by atoms with Crippen molar-refractivity contribution < 1.29 is 27.5 Å². The molecule has 0 atom stereocenters. The van der Waals surface area contributed by atoms with Crippen molar-refractivity contribution in [2.75, 3.05) is 13.1 Å². The number of benzene rings is 1. The summed E-state index contributed by atoms with van der Waals surface area (Å²) in [6.07, 6.45) is -0.779. The monoisotopic (exact) mass is 374 g/mol. The van der Waals surface area contributed by atoms with Crippen LogP contribution in [0.25, 0.3) is 0 Å². The van der Waals surface area contributed by atoms with Crippen molar-refractivity contribution in [3.8, 4) is 0 Å². The van der Waals surface area contributed by atoms with Gasteiger partial charge in [0.1, 0.15) is 5.82 Å². The third kappa shape index (κ3) is 5.17. The lowest BCUT2D eigenvalue weighted by Crippen LogP contribution is -2.54. The molecular weight excluding hydrogens is 352 g/mol. The van der Waals surface area contributed by atoms with E-state index in [0.717, 1.165) is 44.4 Å². The summed E-state index contributed by atoms with van der Waals surface area (Å²) in [5, 5.41) is 12.2. The molecule has 1 aromatic rings. The smallest absolute Gasteiger partial charge is 0.416 e. The first-order chi connectivity index (χ1) is 12.2. The number of hydrogen-bond donors (Lipinski definition) is 2. The van der Waals surface area contributed by atoms with E-state index in [1.54, 1.807) is 0 Å². The lowest BCUT2D eigenvalue weighted by atomic mass is 9.85. The van der Waals surface area contributed by atoms with E-state index in [4.69, 9.17) is 5.11 Å². The quantitative estimate of drug-likeness (QED) is 0.686. The minimum absolute atomic E-state index is 0.0206. The number of halogens is 4. The maximum atomic E-state index is 13.4. The molecule has 0 bridgehead atoms. The average molecular weight is 374 g/mol. The van der Waals surface area contributed by atoms with Crippen molar-refractivity contribution in [1.29, 1.82) is 0 Å². The number of carbonyl (C=O) groups is 1. The molecule has 0 aromatic heterocycles. The van der Waals surface area contributed by atoms with E-state index in [1.165, 1.54) is 0 Å². The molecule has 0 spiro atoms. The fourth-order valence-electron chi connectivity index (χ4n) is 3.38. The van der Waals surface area contributed by atoms with Gasteiger partial charge in [-0.05, 0) is 55.4 Å². The summed E-state index contributed by atoms with van der Waals surface area (Å²) in [5.74, 6) is -1.16. The van der Waals surface area contributed by atoms with Gasteiger partial charge >= 0.3 is 12.1 Å². The lowest BCUT2D eigenvalue weighted by Gasteiger charge is -2.43. The van der Waals surface area contributed by atoms with Gasteiger partial charge in [-0.25, -0.2) is 4.39 Å². The molecule has 2 saturated carbocycles. The van der Waals surface area contributed by atoms with Gasteiger partial charge in [0.25, 0.3) is 0 Å². The number of carboxylic acids is 1. The number of aliphatic carboxylic acids is 1. The molecule has 4 nitrogen and oxygen atoms in total. The van der Waals surface area contributed by atoms with Crippen LogP contribution in [0.3, 0.4) is 0 Å². The van der Waals surface area contributed by atoms with Crippen molar-refractivity contribution in [3.63, 3.8) is 0 Å². The molecule has 26 heavy (non-hydrogen) atoms. The van der Waals surface area contributed by atoms with Gasteiger partial charge in [0.2, 0.25) is 0 Å². The molecule has 2 aliphatic carbocycles. The molecule has 144 valence electrons. The molecule has 8 heteroatoms. The Morgan fingerprint density at radius 1 is 1.23 bits per heavy atom. The second-order valence-corrected chi connectivity index (χ2v) is 7.32. The Bertz CT molecular complexity index is 655. The van der Waals surface area contributed by atoms with Crippen molar-refractivity contribution in [1.82, 2.24) is 10.2 Å². The number of hydrogen-bond acceptors (Lipinski definition) is 3. The summed E-state index contributed by atoms with van der Waals surface area (Å²) >= 11 is 0. The molecule has 3 rings (SSSR count). The Hall–Kier alpha value is -1.67. The van der Waals surface area contributed by atoms with Gasteiger partial charge in [0.15, 0.2) is 0 Å². The predicted octanol–water partition coefficient (Wildman–Crippen LogP) is 3.26. The molecule has 0 unspecified atom stereocenters. The summed E-state index contributed by atoms with van der Waals surface area (Å²) in [4.78, 5) is 13.0. The maximum Gasteiger partial charge on any atom is 0.416 e. The van der Waals surface area contributed by atoms with Crippen molar-refractivity contribution >= 4 is 5.97 Å². The zero-order valence-corrected chi connectivity index (χ0v) is 14.2. The predicted molar refractivity (Wildman–Crippen MR) is 87.0 cm³/mol. The van der Waals surface area contributed by atoms with Crippen LogP contribution in [0.1, 0.15) is 36.8 Å². The molecule has 2 fully saturated rings. The van der Waals surface area contributed by atoms with E-state index >= 15 is 0 Å². The number of nitrogens with one attached hydrogen (secondary N) is 1. The number of carboxylic acid groups (broad SMARTS) is 1. The van der Waals surface area contributed by atoms with Crippen molar-refractivity contribution in [2.45, 2.75) is 50.5 Å². The van der Waals surface area contributed by atoms with Gasteiger partial charge in [-0.2, -0.15) is 13.2 Å². The Kier molecular flexibility index (Phi) is 5.53. The molecule has 0 saturated heterocycles. The van der Waals surface area contributed by atoms with Crippen LogP contribution in [0.2, 0.25) is 0 Å². The summed E-state index contributed by atoms with van der Waals surface area (Å²) in [6, 6.07) is 2.83. The lowest BCUT2D eigenvalue weighted by molar-refractivity contribution is -0.140. The van der Waals surface area contributed by atoms with Gasteiger partial charge < -0.3 is 10.4 Å². The van der Waals surface area contributed by atoms with Gasteiger partial charge in [-0.3, -0.25) is 9.69 Å². The first-order valence-corrected chi connectivity index (χ1v) is 8.76. The summed E-state index contributed by atoms with van der Waals surface area (Å²) < 4.78 is 51.6. The topological polar surface area (TPSA) is 52.6 Å². The Morgan fingerprint density at radius 2 is 1.92 bits per heavy atom. The molecule has 0 radical (unpaired) electrons. The van der Waals surface area contributed by atoms with Gasteiger partial charge in [0, 0.05) is 25.2 Å². The summed E-state index contributed by atoms with van der Waals surface area (Å²) in [6.45, 7) is 0.967. The van der Waals surface area contributed by atoms with Crippen LogP contribution in [0.5, 0.6) is 0 Å². The zero-order chi connectivity index (χ0) is 18.9. The molecular formula is C18H22F4N2O2. The molecule has 0 heterocycles. The van der Waals surface area contributed by atoms with Crippen LogP contribution in [0.4, 0.5) is 17.6 Å². The van der Waals surface area contributed by atoms with Gasteiger partial charge in [-0.15, -0.1) is 0 Å². The third-order valence-corrected chi connectivity index (χ3v) is 5.04. The average Bonchev–Trinajstić information content (AvgIpc) is 3.27. The Balaban J connectivity index is 1.49. The van der Waals surface area contributed by atoms with Crippen molar-refractivity contribution in [3.05, 3.63) is 35.1 Å². The number of alkyl halides is 3. The normalized spacial score (nSPS) is 23.1. The third-order valence-electron chi connectivity index (χ3n) is 5.04. The van der Waals surface area contributed by atoms with Gasteiger partial charge in [-0.1, -0.05) is 0 Å². The second kappa shape index (κ2) is 7.52. The van der Waals surface area contributed by atoms with Crippen LogP contribution in [-0.2, 0) is 17.5 Å². The highest BCUT2D eigenvalue weighted by atomic mass is 19.4. The van der Waals surface area contributed by atoms with E-state index in [1.807, 2.05) is 4.90 Å². The highest BCUT2D eigenvalue weighted by Gasteiger charge is 2.37. The van der Waals surface area contributed by atoms with Crippen LogP contribution >= 0.6 is 0 Å². The van der Waals surface area contributed by atoms with E-state index in [2.05, 4.69) is 5.32 Å². The largest absolute Gasteiger partial charge is 0.480 e. The second-order valence-electron chi connectivity index (χ2n) is 7.32. The van der Waals surface area contributed by atoms with Gasteiger partial charge in [0.05, 0.1) is 12.1 Å². The number of rotatable bonds is 8. The molecule has 2 N–H and O–H groups in total. The van der Waals surface area contributed by atoms with Crippen molar-refractivity contribution in [2.24, 2.45) is 5.92 Å². The summed E-state index contributed by atoms with van der Waals surface area (Å²) in [5.41, 5.74) is -0.737. The standard InChI is InChI=1S/C18H22F4N2O2/c19-14-4-12(3-13(5-14)18(20,21)22)8-23-15-6-16(7-15)24(10-17(25)26)9-11-1-2-11/h3-5,11,15-16,23H,1-2,6-10H2,(H,25,26). The molecule has 0 aliphatic heterocycles. The molecule has 2 aliphatic rings. The molecule has 0 amide bonds. The SMILES string of the molecule is O=C(O)CN(CC1CC1)C1CC(NCc2cc(F)cc(C(F)(F)F)c2)C1. The first-order valence-electron chi connectivity index (χ1n) is 8.76. The zero-order valence-electron chi connectivity index (χ0n) is 14.2. The van der Waals surface area contributed by atoms with Crippen LogP contribution in [-0.4, -0.2) is 41.1 Å². The minimum Gasteiger partial charge on any atom is -0.480 e. The first kappa shape index (κ1) is 19.1. The highest BCUT2D eigenvalue weighted by Crippen LogP contribution is 2.34. The van der Waals surface area contributed by atoms with Crippen LogP contribution in [0.15, 0.2) is 18.2 Å². The van der Waals surface area contributed by atoms with Crippen LogP contribution < -0.4 is 5.32 Å². The van der Waals surface area contributed by atoms with Crippen LogP contribution in [0, 0.1) is 11.7 Å². The van der Waals surface area contributed by atoms with E-state index in [0.29, 0.717) is 12.0 Å². The summed E-state index contributed by atoms with van der Waals surface area (Å²) in [7, 11) is 0. The molecule has 1 aromatic carbocycles. The van der Waals surface area contributed by atoms with E-state index < -0.39 is 23.5 Å². The van der Waals surface area contributed by atoms with E-state index in [9.17, 15) is 22.4 Å². The fraction of sp³-hybridized carbons (Fsp3) is 0.611. The number of nitrogens with zero attached hydrogens (tertiary/aromatic N) is 1.